The van der Waals surface area contributed by atoms with E-state index < -0.39 is 0 Å². The van der Waals surface area contributed by atoms with Crippen LogP contribution in [0.2, 0.25) is 0 Å². The average molecular weight is 273 g/mol. The number of fused-ring (bicyclic) bond motifs is 1. The Morgan fingerprint density at radius 3 is 2.79 bits per heavy atom. The van der Waals surface area contributed by atoms with Crippen LogP contribution in [0.5, 0.6) is 0 Å². The first-order chi connectivity index (χ1) is 9.22. The highest BCUT2D eigenvalue weighted by molar-refractivity contribution is 7.19. The highest BCUT2D eigenvalue weighted by atomic mass is 32.1. The van der Waals surface area contributed by atoms with Gasteiger partial charge >= 0.3 is 0 Å². The second kappa shape index (κ2) is 5.26. The Labute approximate surface area is 120 Å². The van der Waals surface area contributed by atoms with Crippen molar-refractivity contribution in [3.8, 4) is 0 Å². The minimum atomic E-state index is 0.478. The number of hydrogen-bond acceptors (Lipinski definition) is 2. The molecule has 0 bridgehead atoms. The molecule has 3 rings (SSSR count). The fourth-order valence-corrected chi connectivity index (χ4v) is 4.00. The first kappa shape index (κ1) is 13.1. The molecule has 1 aliphatic rings. The van der Waals surface area contributed by atoms with Crippen LogP contribution in [0.25, 0.3) is 10.1 Å². The first-order valence-corrected chi connectivity index (χ1v) is 8.26. The Kier molecular flexibility index (Phi) is 3.64. The summed E-state index contributed by atoms with van der Waals surface area (Å²) in [5.41, 5.74) is 0.639. The lowest BCUT2D eigenvalue weighted by Gasteiger charge is -2.18. The molecule has 2 heteroatoms. The summed E-state index contributed by atoms with van der Waals surface area (Å²) in [7, 11) is 0. The quantitative estimate of drug-likeness (QED) is 0.769. The molecule has 1 N–H and O–H groups in total. The molecule has 0 aliphatic heterocycles. The summed E-state index contributed by atoms with van der Waals surface area (Å²) in [5, 5.41) is 5.14. The van der Waals surface area contributed by atoms with E-state index >= 15 is 0 Å². The predicted molar refractivity (Wildman–Crippen MR) is 84.8 cm³/mol. The summed E-state index contributed by atoms with van der Waals surface area (Å²) in [4.78, 5) is 1.47. The van der Waals surface area contributed by atoms with Gasteiger partial charge in [0.1, 0.15) is 0 Å². The van der Waals surface area contributed by atoms with Crippen molar-refractivity contribution in [2.75, 3.05) is 6.54 Å². The van der Waals surface area contributed by atoms with Gasteiger partial charge < -0.3 is 5.32 Å². The number of thiophene rings is 1. The Morgan fingerprint density at radius 1 is 1.32 bits per heavy atom. The van der Waals surface area contributed by atoms with Crippen LogP contribution in [0.15, 0.2) is 30.3 Å². The SMILES string of the molecule is CCCC1(CNC(C)c2cc3ccccc3s2)CC1. The van der Waals surface area contributed by atoms with Gasteiger partial charge in [-0.25, -0.2) is 0 Å². The molecule has 1 aromatic carbocycles. The van der Waals surface area contributed by atoms with Crippen molar-refractivity contribution in [2.45, 2.75) is 45.6 Å². The monoisotopic (exact) mass is 273 g/mol. The number of rotatable bonds is 6. The molecule has 1 heterocycles. The Bertz CT molecular complexity index is 520. The van der Waals surface area contributed by atoms with Gasteiger partial charge in [0.2, 0.25) is 0 Å². The predicted octanol–water partition coefficient (Wildman–Crippen LogP) is 5.13. The van der Waals surface area contributed by atoms with Crippen LogP contribution in [0.3, 0.4) is 0 Å². The van der Waals surface area contributed by atoms with Crippen LogP contribution in [-0.4, -0.2) is 6.54 Å². The molecular weight excluding hydrogens is 250 g/mol. The molecule has 19 heavy (non-hydrogen) atoms. The number of hydrogen-bond donors (Lipinski definition) is 1. The molecule has 1 saturated carbocycles. The van der Waals surface area contributed by atoms with E-state index in [4.69, 9.17) is 0 Å². The molecule has 1 nitrogen and oxygen atoms in total. The van der Waals surface area contributed by atoms with E-state index in [1.807, 2.05) is 11.3 Å². The summed E-state index contributed by atoms with van der Waals surface area (Å²) >= 11 is 1.93. The zero-order valence-corrected chi connectivity index (χ0v) is 12.7. The lowest BCUT2D eigenvalue weighted by molar-refractivity contribution is 0.399. The summed E-state index contributed by atoms with van der Waals surface area (Å²) in [6.45, 7) is 5.79. The lowest BCUT2D eigenvalue weighted by Crippen LogP contribution is -2.26. The third-order valence-corrected chi connectivity index (χ3v) is 5.69. The maximum Gasteiger partial charge on any atom is 0.0386 e. The summed E-state index contributed by atoms with van der Waals surface area (Å²) in [6.07, 6.45) is 5.55. The van der Waals surface area contributed by atoms with Crippen LogP contribution in [0.4, 0.5) is 0 Å². The van der Waals surface area contributed by atoms with Crippen molar-refractivity contribution in [1.82, 2.24) is 5.32 Å². The maximum absolute atomic E-state index is 3.76. The molecule has 0 radical (unpaired) electrons. The van der Waals surface area contributed by atoms with Gasteiger partial charge in [0.05, 0.1) is 0 Å². The minimum absolute atomic E-state index is 0.478. The van der Waals surface area contributed by atoms with Crippen LogP contribution >= 0.6 is 11.3 Å². The van der Waals surface area contributed by atoms with Crippen LogP contribution in [0, 0.1) is 5.41 Å². The molecule has 0 spiro atoms. The maximum atomic E-state index is 3.76. The molecule has 2 aromatic rings. The molecule has 102 valence electrons. The van der Waals surface area contributed by atoms with Crippen molar-refractivity contribution in [1.29, 1.82) is 0 Å². The molecular formula is C17H23NS. The Hall–Kier alpha value is -0.860. The zero-order valence-electron chi connectivity index (χ0n) is 11.9. The van der Waals surface area contributed by atoms with E-state index in [9.17, 15) is 0 Å². The average Bonchev–Trinajstić information content (AvgIpc) is 3.04. The van der Waals surface area contributed by atoms with Gasteiger partial charge in [-0.2, -0.15) is 0 Å². The lowest BCUT2D eigenvalue weighted by atomic mass is 10.0. The van der Waals surface area contributed by atoms with Gasteiger partial charge in [-0.3, -0.25) is 0 Å². The molecule has 1 fully saturated rings. The minimum Gasteiger partial charge on any atom is -0.309 e. The Morgan fingerprint density at radius 2 is 2.11 bits per heavy atom. The molecule has 1 unspecified atom stereocenters. The van der Waals surface area contributed by atoms with Crippen LogP contribution in [0.1, 0.15) is 50.4 Å². The highest BCUT2D eigenvalue weighted by Gasteiger charge is 2.41. The van der Waals surface area contributed by atoms with Crippen molar-refractivity contribution < 1.29 is 0 Å². The van der Waals surface area contributed by atoms with Gasteiger partial charge in [-0.1, -0.05) is 31.5 Å². The van der Waals surface area contributed by atoms with E-state index in [1.165, 1.54) is 47.2 Å². The van der Waals surface area contributed by atoms with E-state index in [1.54, 1.807) is 0 Å². The largest absolute Gasteiger partial charge is 0.309 e. The van der Waals surface area contributed by atoms with Crippen molar-refractivity contribution in [3.05, 3.63) is 35.2 Å². The van der Waals surface area contributed by atoms with Gasteiger partial charge in [-0.05, 0) is 49.1 Å². The highest BCUT2D eigenvalue weighted by Crippen LogP contribution is 2.49. The zero-order chi connectivity index (χ0) is 13.3. The van der Waals surface area contributed by atoms with Crippen LogP contribution < -0.4 is 5.32 Å². The van der Waals surface area contributed by atoms with E-state index in [0.29, 0.717) is 11.5 Å². The third-order valence-electron chi connectivity index (χ3n) is 4.39. The molecule has 0 amide bonds. The summed E-state index contributed by atoms with van der Waals surface area (Å²) < 4.78 is 1.40. The van der Waals surface area contributed by atoms with Crippen LogP contribution in [-0.2, 0) is 0 Å². The summed E-state index contributed by atoms with van der Waals surface area (Å²) in [6, 6.07) is 11.5. The molecule has 0 saturated heterocycles. The first-order valence-electron chi connectivity index (χ1n) is 7.44. The smallest absolute Gasteiger partial charge is 0.0386 e. The van der Waals surface area contributed by atoms with E-state index in [2.05, 4.69) is 49.5 Å². The van der Waals surface area contributed by atoms with Gasteiger partial charge in [0, 0.05) is 22.2 Å². The molecule has 1 aromatic heterocycles. The van der Waals surface area contributed by atoms with Gasteiger partial charge in [0.25, 0.3) is 0 Å². The van der Waals surface area contributed by atoms with Crippen molar-refractivity contribution in [3.63, 3.8) is 0 Å². The number of benzene rings is 1. The van der Waals surface area contributed by atoms with E-state index in [-0.39, 0.29) is 0 Å². The molecule has 1 aliphatic carbocycles. The fraction of sp³-hybridized carbons (Fsp3) is 0.529. The van der Waals surface area contributed by atoms with Crippen molar-refractivity contribution in [2.24, 2.45) is 5.41 Å². The number of nitrogens with one attached hydrogen (secondary N) is 1. The van der Waals surface area contributed by atoms with Gasteiger partial charge in [-0.15, -0.1) is 11.3 Å². The fourth-order valence-electron chi connectivity index (χ4n) is 2.91. The summed E-state index contributed by atoms with van der Waals surface area (Å²) in [5.74, 6) is 0. The Balaban J connectivity index is 1.65. The standard InChI is InChI=1S/C17H23NS/c1-3-8-17(9-10-17)12-18-13(2)16-11-14-6-4-5-7-15(14)19-16/h4-7,11,13,18H,3,8-10,12H2,1-2H3. The van der Waals surface area contributed by atoms with E-state index in [0.717, 1.165) is 0 Å². The second-order valence-corrected chi connectivity index (χ2v) is 7.15. The third kappa shape index (κ3) is 2.85. The van der Waals surface area contributed by atoms with Gasteiger partial charge in [0.15, 0.2) is 0 Å². The second-order valence-electron chi connectivity index (χ2n) is 6.04. The molecule has 1 atom stereocenters. The topological polar surface area (TPSA) is 12.0 Å². The van der Waals surface area contributed by atoms with Crippen molar-refractivity contribution >= 4 is 21.4 Å². The normalized spacial score (nSPS) is 18.6.